The van der Waals surface area contributed by atoms with E-state index in [0.29, 0.717) is 10.9 Å². The molecule has 0 aliphatic carbocycles. The predicted octanol–water partition coefficient (Wildman–Crippen LogP) is 1.62. The number of carbonyl (C=O) groups is 2. The number of likely N-dealkylation sites (tertiary alicyclic amines) is 1. The molecule has 1 aromatic heterocycles. The topological polar surface area (TPSA) is 93.6 Å². The maximum atomic E-state index is 13.4. The van der Waals surface area contributed by atoms with Gasteiger partial charge in [0.1, 0.15) is 17.6 Å². The lowest BCUT2D eigenvalue weighted by Gasteiger charge is -2.20. The van der Waals surface area contributed by atoms with Crippen molar-refractivity contribution in [3.05, 3.63) is 34.7 Å². The summed E-state index contributed by atoms with van der Waals surface area (Å²) in [5.41, 5.74) is 0.573. The second-order valence-corrected chi connectivity index (χ2v) is 5.58. The molecule has 3 rings (SSSR count). The van der Waals surface area contributed by atoms with Crippen LogP contribution in [-0.4, -0.2) is 50.7 Å². The molecule has 116 valence electrons. The molecule has 6 nitrogen and oxygen atoms in total. The van der Waals surface area contributed by atoms with E-state index in [2.05, 4.69) is 4.98 Å². The van der Waals surface area contributed by atoms with E-state index in [1.54, 1.807) is 0 Å². The first-order chi connectivity index (χ1) is 10.4. The minimum atomic E-state index is -1.18. The number of hydrogen-bond acceptors (Lipinski definition) is 3. The van der Waals surface area contributed by atoms with Gasteiger partial charge in [0.05, 0.1) is 11.1 Å². The molecule has 0 saturated carbocycles. The zero-order valence-electron chi connectivity index (χ0n) is 11.2. The first-order valence-corrected chi connectivity index (χ1v) is 6.95. The van der Waals surface area contributed by atoms with Gasteiger partial charge >= 0.3 is 5.97 Å². The van der Waals surface area contributed by atoms with Gasteiger partial charge in [-0.1, -0.05) is 11.6 Å². The number of aromatic nitrogens is 1. The van der Waals surface area contributed by atoms with Crippen LogP contribution in [0.3, 0.4) is 0 Å². The smallest absolute Gasteiger partial charge is 0.326 e. The van der Waals surface area contributed by atoms with Gasteiger partial charge in [-0.2, -0.15) is 0 Å². The molecule has 1 aromatic carbocycles. The van der Waals surface area contributed by atoms with Crippen LogP contribution < -0.4 is 0 Å². The van der Waals surface area contributed by atoms with Crippen molar-refractivity contribution in [2.75, 3.05) is 6.54 Å². The minimum absolute atomic E-state index is 0.0172. The number of hydrogen-bond donors (Lipinski definition) is 3. The molecule has 2 aromatic rings. The molecular weight excluding hydrogens is 315 g/mol. The number of aliphatic hydroxyl groups excluding tert-OH is 1. The number of fused-ring (bicyclic) bond motifs is 1. The fraction of sp³-hybridized carbons (Fsp3) is 0.286. The molecule has 0 radical (unpaired) electrons. The van der Waals surface area contributed by atoms with E-state index in [0.717, 1.165) is 4.90 Å². The number of aliphatic carboxylic acids is 1. The van der Waals surface area contributed by atoms with Crippen LogP contribution in [0.2, 0.25) is 5.02 Å². The van der Waals surface area contributed by atoms with E-state index in [1.807, 2.05) is 0 Å². The van der Waals surface area contributed by atoms with Crippen molar-refractivity contribution in [1.29, 1.82) is 0 Å². The second-order valence-electron chi connectivity index (χ2n) is 5.21. The molecule has 1 aliphatic rings. The minimum Gasteiger partial charge on any atom is -0.480 e. The summed E-state index contributed by atoms with van der Waals surface area (Å²) in [6, 6.07) is 2.92. The number of aliphatic hydroxyl groups is 1. The Bertz CT molecular complexity index is 776. The molecule has 1 aliphatic heterocycles. The first-order valence-electron chi connectivity index (χ1n) is 6.57. The molecular formula is C14H12ClFN2O4. The summed E-state index contributed by atoms with van der Waals surface area (Å²) in [5.74, 6) is -2.35. The van der Waals surface area contributed by atoms with Gasteiger partial charge in [0.25, 0.3) is 5.91 Å². The van der Waals surface area contributed by atoms with E-state index in [1.165, 1.54) is 18.2 Å². The van der Waals surface area contributed by atoms with E-state index in [-0.39, 0.29) is 23.7 Å². The van der Waals surface area contributed by atoms with Gasteiger partial charge in [-0.15, -0.1) is 0 Å². The number of rotatable bonds is 2. The van der Waals surface area contributed by atoms with E-state index in [9.17, 15) is 19.1 Å². The van der Waals surface area contributed by atoms with Gasteiger partial charge in [-0.3, -0.25) is 4.79 Å². The molecule has 1 saturated heterocycles. The summed E-state index contributed by atoms with van der Waals surface area (Å²) in [6.45, 7) is -0.0622. The lowest BCUT2D eigenvalue weighted by Crippen LogP contribution is -2.40. The largest absolute Gasteiger partial charge is 0.480 e. The highest BCUT2D eigenvalue weighted by molar-refractivity contribution is 6.35. The first kappa shape index (κ1) is 14.8. The highest BCUT2D eigenvalue weighted by atomic mass is 35.5. The number of amides is 1. The van der Waals surface area contributed by atoms with Crippen LogP contribution in [0.15, 0.2) is 18.2 Å². The maximum absolute atomic E-state index is 13.4. The van der Waals surface area contributed by atoms with E-state index < -0.39 is 29.8 Å². The standard InChI is InChI=1S/C14H12ClFN2O4/c15-12-7-4-10(17-9(7)2-1-8(12)16)13(20)18-5-6(19)3-11(18)14(21)22/h1-2,4,6,11,17,19H,3,5H2,(H,21,22)/t6-,11+/m1/s1. The number of carboxylic acid groups (broad SMARTS) is 1. The monoisotopic (exact) mass is 326 g/mol. The number of halogens is 2. The van der Waals surface area contributed by atoms with Crippen molar-refractivity contribution < 1.29 is 24.2 Å². The Morgan fingerprint density at radius 1 is 1.41 bits per heavy atom. The molecule has 2 heterocycles. The third-order valence-corrected chi connectivity index (χ3v) is 4.13. The average molecular weight is 327 g/mol. The van der Waals surface area contributed by atoms with E-state index in [4.69, 9.17) is 16.7 Å². The second kappa shape index (κ2) is 5.26. The van der Waals surface area contributed by atoms with Crippen LogP contribution in [0.5, 0.6) is 0 Å². The Hall–Kier alpha value is -2.12. The Morgan fingerprint density at radius 2 is 2.14 bits per heavy atom. The van der Waals surface area contributed by atoms with Crippen LogP contribution in [0, 0.1) is 5.82 Å². The van der Waals surface area contributed by atoms with Crippen LogP contribution >= 0.6 is 11.6 Å². The summed E-state index contributed by atoms with van der Waals surface area (Å²) in [5, 5.41) is 19.0. The summed E-state index contributed by atoms with van der Waals surface area (Å²) in [6.07, 6.45) is -0.896. The Balaban J connectivity index is 1.98. The SMILES string of the molecule is O=C(O)[C@@H]1C[C@@H](O)CN1C(=O)c1cc2c(Cl)c(F)ccc2[nH]1. The molecule has 1 fully saturated rings. The van der Waals surface area contributed by atoms with Crippen molar-refractivity contribution >= 4 is 34.4 Å². The zero-order chi connectivity index (χ0) is 16.0. The number of β-amino-alcohol motifs (C(OH)–C–C–N with tert-alkyl or cyclic N) is 1. The maximum Gasteiger partial charge on any atom is 0.326 e. The quantitative estimate of drug-likeness (QED) is 0.781. The molecule has 0 spiro atoms. The Labute approximate surface area is 129 Å². The third-order valence-electron chi connectivity index (χ3n) is 3.75. The third kappa shape index (κ3) is 2.32. The average Bonchev–Trinajstić information content (AvgIpc) is 3.06. The summed E-state index contributed by atoms with van der Waals surface area (Å²) in [4.78, 5) is 27.5. The predicted molar refractivity (Wildman–Crippen MR) is 76.4 cm³/mol. The number of aromatic amines is 1. The van der Waals surface area contributed by atoms with Gasteiger partial charge in [-0.25, -0.2) is 9.18 Å². The molecule has 1 amide bonds. The molecule has 2 atom stereocenters. The van der Waals surface area contributed by atoms with Crippen molar-refractivity contribution in [3.63, 3.8) is 0 Å². The van der Waals surface area contributed by atoms with Gasteiger partial charge < -0.3 is 20.1 Å². The van der Waals surface area contributed by atoms with Crippen LogP contribution in [0.25, 0.3) is 10.9 Å². The summed E-state index contributed by atoms with van der Waals surface area (Å²) >= 11 is 5.85. The molecule has 0 bridgehead atoms. The van der Waals surface area contributed by atoms with Gasteiger partial charge in [0, 0.05) is 23.9 Å². The lowest BCUT2D eigenvalue weighted by atomic mass is 10.2. The van der Waals surface area contributed by atoms with Crippen LogP contribution in [-0.2, 0) is 4.79 Å². The number of nitrogens with zero attached hydrogens (tertiary/aromatic N) is 1. The zero-order valence-corrected chi connectivity index (χ0v) is 12.0. The van der Waals surface area contributed by atoms with Gasteiger partial charge in [0.2, 0.25) is 0 Å². The van der Waals surface area contributed by atoms with Crippen molar-refractivity contribution in [3.8, 4) is 0 Å². The number of H-pyrrole nitrogens is 1. The molecule has 22 heavy (non-hydrogen) atoms. The van der Waals surface area contributed by atoms with Gasteiger partial charge in [-0.05, 0) is 18.2 Å². The molecule has 8 heteroatoms. The van der Waals surface area contributed by atoms with E-state index >= 15 is 0 Å². The number of carbonyl (C=O) groups excluding carboxylic acids is 1. The number of benzene rings is 1. The fourth-order valence-corrected chi connectivity index (χ4v) is 2.90. The highest BCUT2D eigenvalue weighted by Gasteiger charge is 2.39. The Morgan fingerprint density at radius 3 is 2.82 bits per heavy atom. The normalized spacial score (nSPS) is 21.5. The fourth-order valence-electron chi connectivity index (χ4n) is 2.68. The van der Waals surface area contributed by atoms with Crippen molar-refractivity contribution in [2.45, 2.75) is 18.6 Å². The van der Waals surface area contributed by atoms with Crippen LogP contribution in [0.1, 0.15) is 16.9 Å². The van der Waals surface area contributed by atoms with Crippen molar-refractivity contribution in [2.24, 2.45) is 0 Å². The Kier molecular flexibility index (Phi) is 3.54. The lowest BCUT2D eigenvalue weighted by molar-refractivity contribution is -0.141. The van der Waals surface area contributed by atoms with Gasteiger partial charge in [0.15, 0.2) is 0 Å². The number of carboxylic acids is 1. The molecule has 3 N–H and O–H groups in total. The molecule has 0 unspecified atom stereocenters. The van der Waals surface area contributed by atoms with Crippen molar-refractivity contribution in [1.82, 2.24) is 9.88 Å². The summed E-state index contributed by atoms with van der Waals surface area (Å²) < 4.78 is 13.4. The number of nitrogens with one attached hydrogen (secondary N) is 1. The summed E-state index contributed by atoms with van der Waals surface area (Å²) in [7, 11) is 0. The van der Waals surface area contributed by atoms with Crippen LogP contribution in [0.4, 0.5) is 4.39 Å². The highest BCUT2D eigenvalue weighted by Crippen LogP contribution is 2.28.